The Morgan fingerprint density at radius 3 is 1.06 bits per heavy atom. The smallest absolute Gasteiger partial charge is 0.306 e. The Bertz CT molecular complexity index is 826. The SMILES string of the molecule is CCCCCCCCCCCCCCCCCCC(=O)O[C@@H](COC(=O)CCCCCCCCCC(C)C)COC(=O)CCCCCCCCC(C)CC. The van der Waals surface area contributed by atoms with Crippen molar-refractivity contribution in [3.05, 3.63) is 0 Å². The van der Waals surface area contributed by atoms with E-state index < -0.39 is 6.10 Å². The molecule has 2 atom stereocenters. The van der Waals surface area contributed by atoms with E-state index >= 15 is 0 Å². The molecule has 54 heavy (non-hydrogen) atoms. The van der Waals surface area contributed by atoms with Gasteiger partial charge in [0, 0.05) is 19.3 Å². The number of carbonyl (C=O) groups is 3. The van der Waals surface area contributed by atoms with E-state index in [4.69, 9.17) is 14.2 Å². The van der Waals surface area contributed by atoms with Crippen molar-refractivity contribution >= 4 is 17.9 Å². The number of hydrogen-bond donors (Lipinski definition) is 0. The van der Waals surface area contributed by atoms with Crippen molar-refractivity contribution in [1.82, 2.24) is 0 Å². The number of esters is 3. The minimum absolute atomic E-state index is 0.0662. The largest absolute Gasteiger partial charge is 0.462 e. The van der Waals surface area contributed by atoms with Gasteiger partial charge < -0.3 is 14.2 Å². The molecule has 0 saturated heterocycles. The van der Waals surface area contributed by atoms with Crippen molar-refractivity contribution in [2.75, 3.05) is 13.2 Å². The third kappa shape index (κ3) is 40.1. The summed E-state index contributed by atoms with van der Waals surface area (Å²) in [5.41, 5.74) is 0. The Morgan fingerprint density at radius 2 is 0.704 bits per heavy atom. The summed E-state index contributed by atoms with van der Waals surface area (Å²) in [6.45, 7) is 11.3. The lowest BCUT2D eigenvalue weighted by Gasteiger charge is -2.18. The van der Waals surface area contributed by atoms with Gasteiger partial charge in [0.15, 0.2) is 6.10 Å². The van der Waals surface area contributed by atoms with Gasteiger partial charge in [-0.25, -0.2) is 0 Å². The molecule has 320 valence electrons. The summed E-state index contributed by atoms with van der Waals surface area (Å²) >= 11 is 0. The Balaban J connectivity index is 4.31. The predicted molar refractivity (Wildman–Crippen MR) is 229 cm³/mol. The van der Waals surface area contributed by atoms with E-state index in [9.17, 15) is 14.4 Å². The zero-order valence-electron chi connectivity index (χ0n) is 36.8. The van der Waals surface area contributed by atoms with Crippen molar-refractivity contribution < 1.29 is 28.6 Å². The zero-order chi connectivity index (χ0) is 39.7. The van der Waals surface area contributed by atoms with E-state index in [1.54, 1.807) is 0 Å². The van der Waals surface area contributed by atoms with Crippen LogP contribution in [0.25, 0.3) is 0 Å². The van der Waals surface area contributed by atoms with Crippen LogP contribution in [0.4, 0.5) is 0 Å². The van der Waals surface area contributed by atoms with Gasteiger partial charge in [-0.2, -0.15) is 0 Å². The van der Waals surface area contributed by atoms with Gasteiger partial charge in [-0.05, 0) is 31.1 Å². The normalized spacial score (nSPS) is 12.6. The van der Waals surface area contributed by atoms with Crippen LogP contribution in [0.3, 0.4) is 0 Å². The van der Waals surface area contributed by atoms with Gasteiger partial charge >= 0.3 is 17.9 Å². The predicted octanol–water partition coefficient (Wildman–Crippen LogP) is 15.0. The summed E-state index contributed by atoms with van der Waals surface area (Å²) in [5.74, 6) is 0.736. The highest BCUT2D eigenvalue weighted by Crippen LogP contribution is 2.17. The number of hydrogen-bond acceptors (Lipinski definition) is 6. The molecule has 0 bridgehead atoms. The molecule has 0 aliphatic heterocycles. The number of ether oxygens (including phenoxy) is 3. The molecule has 0 saturated carbocycles. The second kappa shape index (κ2) is 41.1. The third-order valence-electron chi connectivity index (χ3n) is 11.1. The first kappa shape index (κ1) is 52.4. The molecule has 0 aliphatic carbocycles. The fourth-order valence-electron chi connectivity index (χ4n) is 7.07. The highest BCUT2D eigenvalue weighted by molar-refractivity contribution is 5.71. The number of carbonyl (C=O) groups excluding carboxylic acids is 3. The highest BCUT2D eigenvalue weighted by atomic mass is 16.6. The average Bonchev–Trinajstić information content (AvgIpc) is 3.15. The summed E-state index contributed by atoms with van der Waals surface area (Å²) in [7, 11) is 0. The summed E-state index contributed by atoms with van der Waals surface area (Å²) < 4.78 is 16.7. The molecule has 0 radical (unpaired) electrons. The van der Waals surface area contributed by atoms with Gasteiger partial charge in [0.1, 0.15) is 13.2 Å². The Labute approximate surface area is 336 Å². The molecule has 0 aromatic rings. The van der Waals surface area contributed by atoms with Crippen LogP contribution in [-0.4, -0.2) is 37.2 Å². The van der Waals surface area contributed by atoms with Crippen LogP contribution in [0.5, 0.6) is 0 Å². The Kier molecular flexibility index (Phi) is 39.8. The monoisotopic (exact) mass is 765 g/mol. The van der Waals surface area contributed by atoms with Crippen molar-refractivity contribution in [3.8, 4) is 0 Å². The van der Waals surface area contributed by atoms with Crippen molar-refractivity contribution in [2.45, 2.75) is 265 Å². The molecule has 6 heteroatoms. The molecule has 0 amide bonds. The lowest BCUT2D eigenvalue weighted by molar-refractivity contribution is -0.167. The first-order chi connectivity index (χ1) is 26.3. The van der Waals surface area contributed by atoms with E-state index in [2.05, 4.69) is 34.6 Å². The van der Waals surface area contributed by atoms with E-state index in [0.717, 1.165) is 69.6 Å². The van der Waals surface area contributed by atoms with E-state index in [-0.39, 0.29) is 31.1 Å². The maximum Gasteiger partial charge on any atom is 0.306 e. The van der Waals surface area contributed by atoms with Crippen LogP contribution in [0.15, 0.2) is 0 Å². The van der Waals surface area contributed by atoms with Crippen LogP contribution >= 0.6 is 0 Å². The standard InChI is InChI=1S/C48H92O6/c1-6-8-9-10-11-12-13-14-15-16-17-18-19-22-30-35-40-48(51)54-45(41-52-46(49)38-33-28-23-20-21-26-31-36-43(3)4)42-53-47(50)39-34-29-25-24-27-32-37-44(5)7-2/h43-45H,6-42H2,1-5H3/t44?,45-/m0/s1. The second-order valence-corrected chi connectivity index (χ2v) is 17.1. The first-order valence-electron chi connectivity index (χ1n) is 23.8. The maximum absolute atomic E-state index is 12.7. The second-order valence-electron chi connectivity index (χ2n) is 17.1. The van der Waals surface area contributed by atoms with Crippen molar-refractivity contribution in [1.29, 1.82) is 0 Å². The van der Waals surface area contributed by atoms with E-state index in [1.807, 2.05) is 0 Å². The molecule has 1 unspecified atom stereocenters. The van der Waals surface area contributed by atoms with Crippen molar-refractivity contribution in [2.24, 2.45) is 11.8 Å². The van der Waals surface area contributed by atoms with Crippen LogP contribution in [0.1, 0.15) is 259 Å². The summed E-state index contributed by atoms with van der Waals surface area (Å²) in [6.07, 6.45) is 39.5. The van der Waals surface area contributed by atoms with E-state index in [1.165, 1.54) is 148 Å². The maximum atomic E-state index is 12.7. The van der Waals surface area contributed by atoms with Gasteiger partial charge in [0.25, 0.3) is 0 Å². The van der Waals surface area contributed by atoms with Crippen LogP contribution in [0.2, 0.25) is 0 Å². The minimum Gasteiger partial charge on any atom is -0.462 e. The molecule has 0 fully saturated rings. The van der Waals surface area contributed by atoms with Gasteiger partial charge in [-0.3, -0.25) is 14.4 Å². The summed E-state index contributed by atoms with van der Waals surface area (Å²) in [5, 5.41) is 0. The van der Waals surface area contributed by atoms with Gasteiger partial charge in [0.05, 0.1) is 0 Å². The lowest BCUT2D eigenvalue weighted by Crippen LogP contribution is -2.30. The molecule has 0 heterocycles. The van der Waals surface area contributed by atoms with Crippen LogP contribution in [-0.2, 0) is 28.6 Å². The zero-order valence-corrected chi connectivity index (χ0v) is 36.8. The molecule has 0 N–H and O–H groups in total. The van der Waals surface area contributed by atoms with Crippen LogP contribution < -0.4 is 0 Å². The third-order valence-corrected chi connectivity index (χ3v) is 11.1. The molecular formula is C48H92O6. The highest BCUT2D eigenvalue weighted by Gasteiger charge is 2.19. The molecule has 0 aromatic heterocycles. The Morgan fingerprint density at radius 1 is 0.389 bits per heavy atom. The molecule has 0 spiro atoms. The van der Waals surface area contributed by atoms with Gasteiger partial charge in [-0.1, -0.05) is 221 Å². The first-order valence-corrected chi connectivity index (χ1v) is 23.8. The fourth-order valence-corrected chi connectivity index (χ4v) is 7.07. The summed E-state index contributed by atoms with van der Waals surface area (Å²) in [4.78, 5) is 37.7. The number of rotatable bonds is 42. The van der Waals surface area contributed by atoms with E-state index in [0.29, 0.717) is 19.3 Å². The molecule has 6 nitrogen and oxygen atoms in total. The average molecular weight is 765 g/mol. The Hall–Kier alpha value is -1.59. The number of unbranched alkanes of at least 4 members (excludes halogenated alkanes) is 26. The summed E-state index contributed by atoms with van der Waals surface area (Å²) in [6, 6.07) is 0. The molecule has 0 aliphatic rings. The van der Waals surface area contributed by atoms with Gasteiger partial charge in [-0.15, -0.1) is 0 Å². The molecular weight excluding hydrogens is 673 g/mol. The lowest BCUT2D eigenvalue weighted by atomic mass is 10.00. The van der Waals surface area contributed by atoms with Gasteiger partial charge in [0.2, 0.25) is 0 Å². The van der Waals surface area contributed by atoms with Crippen molar-refractivity contribution in [3.63, 3.8) is 0 Å². The quantitative estimate of drug-likeness (QED) is 0.0350. The fraction of sp³-hybridized carbons (Fsp3) is 0.938. The molecule has 0 rings (SSSR count). The minimum atomic E-state index is -0.761. The topological polar surface area (TPSA) is 78.9 Å². The molecule has 0 aromatic carbocycles. The van der Waals surface area contributed by atoms with Crippen LogP contribution in [0, 0.1) is 11.8 Å².